The van der Waals surface area contributed by atoms with Crippen LogP contribution in [-0.4, -0.2) is 5.11 Å². The van der Waals surface area contributed by atoms with E-state index < -0.39 is 17.7 Å². The molecule has 0 fully saturated rings. The van der Waals surface area contributed by atoms with E-state index in [1.807, 2.05) is 19.1 Å². The van der Waals surface area contributed by atoms with Gasteiger partial charge in [0, 0.05) is 17.2 Å². The van der Waals surface area contributed by atoms with Crippen LogP contribution < -0.4 is 4.74 Å². The van der Waals surface area contributed by atoms with Gasteiger partial charge in [-0.3, -0.25) is 0 Å². The smallest absolute Gasteiger partial charge is 0.132 e. The fourth-order valence-corrected chi connectivity index (χ4v) is 1.92. The standard InChI is InChI=1S/C16H16F2O2/c1-10-3-6-16(14(7-10)11(2)19)20-9-12-4-5-13(17)8-15(12)18/h3-8,11,19H,9H2,1-2H3/t11-/m1/s1. The Kier molecular flexibility index (Phi) is 4.35. The zero-order valence-electron chi connectivity index (χ0n) is 11.4. The van der Waals surface area contributed by atoms with Gasteiger partial charge in [-0.1, -0.05) is 11.6 Å². The highest BCUT2D eigenvalue weighted by atomic mass is 19.1. The summed E-state index contributed by atoms with van der Waals surface area (Å²) in [6, 6.07) is 8.76. The molecule has 106 valence electrons. The molecule has 0 aliphatic carbocycles. The first-order valence-electron chi connectivity index (χ1n) is 6.32. The van der Waals surface area contributed by atoms with Crippen molar-refractivity contribution in [1.29, 1.82) is 0 Å². The summed E-state index contributed by atoms with van der Waals surface area (Å²) in [4.78, 5) is 0. The van der Waals surface area contributed by atoms with Gasteiger partial charge in [-0.05, 0) is 38.1 Å². The lowest BCUT2D eigenvalue weighted by atomic mass is 10.1. The summed E-state index contributed by atoms with van der Waals surface area (Å²) in [6.07, 6.45) is -0.678. The maximum Gasteiger partial charge on any atom is 0.132 e. The lowest BCUT2D eigenvalue weighted by Crippen LogP contribution is -2.03. The molecule has 0 saturated carbocycles. The highest BCUT2D eigenvalue weighted by molar-refractivity contribution is 5.38. The van der Waals surface area contributed by atoms with E-state index in [-0.39, 0.29) is 12.2 Å². The number of aliphatic hydroxyl groups is 1. The molecule has 0 aromatic heterocycles. The van der Waals surface area contributed by atoms with Crippen LogP contribution in [0.3, 0.4) is 0 Å². The number of halogens is 2. The zero-order valence-corrected chi connectivity index (χ0v) is 11.4. The Morgan fingerprint density at radius 3 is 2.55 bits per heavy atom. The van der Waals surface area contributed by atoms with Gasteiger partial charge in [0.05, 0.1) is 6.10 Å². The molecule has 0 spiro atoms. The van der Waals surface area contributed by atoms with Gasteiger partial charge in [0.1, 0.15) is 24.0 Å². The van der Waals surface area contributed by atoms with E-state index in [1.54, 1.807) is 13.0 Å². The Morgan fingerprint density at radius 1 is 1.15 bits per heavy atom. The molecule has 2 nitrogen and oxygen atoms in total. The number of rotatable bonds is 4. The van der Waals surface area contributed by atoms with E-state index in [4.69, 9.17) is 4.74 Å². The Bertz CT molecular complexity index is 609. The van der Waals surface area contributed by atoms with Crippen molar-refractivity contribution in [2.24, 2.45) is 0 Å². The second-order valence-electron chi connectivity index (χ2n) is 4.74. The van der Waals surface area contributed by atoms with Crippen molar-refractivity contribution in [3.63, 3.8) is 0 Å². The largest absolute Gasteiger partial charge is 0.488 e. The van der Waals surface area contributed by atoms with E-state index in [9.17, 15) is 13.9 Å². The SMILES string of the molecule is Cc1ccc(OCc2ccc(F)cc2F)c([C@@H](C)O)c1. The van der Waals surface area contributed by atoms with Gasteiger partial charge >= 0.3 is 0 Å². The molecule has 0 amide bonds. The van der Waals surface area contributed by atoms with E-state index in [0.717, 1.165) is 11.6 Å². The van der Waals surface area contributed by atoms with E-state index in [0.29, 0.717) is 11.3 Å². The molecule has 0 bridgehead atoms. The first kappa shape index (κ1) is 14.5. The van der Waals surface area contributed by atoms with Gasteiger partial charge in [-0.15, -0.1) is 0 Å². The second kappa shape index (κ2) is 6.01. The minimum Gasteiger partial charge on any atom is -0.488 e. The van der Waals surface area contributed by atoms with Gasteiger partial charge in [0.2, 0.25) is 0 Å². The number of aryl methyl sites for hydroxylation is 1. The maximum atomic E-state index is 13.5. The number of ether oxygens (including phenoxy) is 1. The summed E-state index contributed by atoms with van der Waals surface area (Å²) >= 11 is 0. The van der Waals surface area contributed by atoms with Crippen molar-refractivity contribution < 1.29 is 18.6 Å². The van der Waals surface area contributed by atoms with Crippen molar-refractivity contribution in [3.8, 4) is 5.75 Å². The van der Waals surface area contributed by atoms with Gasteiger partial charge in [0.25, 0.3) is 0 Å². The molecule has 2 aromatic carbocycles. The van der Waals surface area contributed by atoms with Gasteiger partial charge < -0.3 is 9.84 Å². The van der Waals surface area contributed by atoms with Crippen molar-refractivity contribution in [2.75, 3.05) is 0 Å². The Balaban J connectivity index is 2.18. The van der Waals surface area contributed by atoms with Crippen LogP contribution in [0.25, 0.3) is 0 Å². The number of aliphatic hydroxyl groups excluding tert-OH is 1. The molecule has 1 atom stereocenters. The minimum absolute atomic E-state index is 0.0190. The first-order valence-corrected chi connectivity index (χ1v) is 6.32. The molecular formula is C16H16F2O2. The summed E-state index contributed by atoms with van der Waals surface area (Å²) in [7, 11) is 0. The summed E-state index contributed by atoms with van der Waals surface area (Å²) in [6.45, 7) is 3.53. The molecule has 4 heteroatoms. The molecule has 0 heterocycles. The molecular weight excluding hydrogens is 262 g/mol. The van der Waals surface area contributed by atoms with Crippen molar-refractivity contribution >= 4 is 0 Å². The Labute approximate surface area is 116 Å². The first-order chi connectivity index (χ1) is 9.47. The van der Waals surface area contributed by atoms with Crippen LogP contribution >= 0.6 is 0 Å². The van der Waals surface area contributed by atoms with E-state index in [2.05, 4.69) is 0 Å². The molecule has 0 aliphatic heterocycles. The van der Waals surface area contributed by atoms with Crippen LogP contribution in [-0.2, 0) is 6.61 Å². The van der Waals surface area contributed by atoms with Crippen LogP contribution in [0, 0.1) is 18.6 Å². The summed E-state index contributed by atoms with van der Waals surface area (Å²) in [5.74, 6) is -0.767. The van der Waals surface area contributed by atoms with Crippen molar-refractivity contribution in [1.82, 2.24) is 0 Å². The third-order valence-corrected chi connectivity index (χ3v) is 3.01. The molecule has 2 rings (SSSR count). The highest BCUT2D eigenvalue weighted by Crippen LogP contribution is 2.27. The monoisotopic (exact) mass is 278 g/mol. The van der Waals surface area contributed by atoms with E-state index >= 15 is 0 Å². The van der Waals surface area contributed by atoms with Crippen molar-refractivity contribution in [3.05, 3.63) is 64.7 Å². The third-order valence-electron chi connectivity index (χ3n) is 3.01. The maximum absolute atomic E-state index is 13.5. The van der Waals surface area contributed by atoms with Crippen molar-refractivity contribution in [2.45, 2.75) is 26.6 Å². The molecule has 20 heavy (non-hydrogen) atoms. The lowest BCUT2D eigenvalue weighted by molar-refractivity contribution is 0.189. The van der Waals surface area contributed by atoms with Gasteiger partial charge in [-0.25, -0.2) is 8.78 Å². The minimum atomic E-state index is -0.678. The molecule has 0 unspecified atom stereocenters. The fraction of sp³-hybridized carbons (Fsp3) is 0.250. The van der Waals surface area contributed by atoms with Crippen LogP contribution in [0.2, 0.25) is 0 Å². The summed E-state index contributed by atoms with van der Waals surface area (Å²) in [5, 5.41) is 9.71. The average molecular weight is 278 g/mol. The number of benzene rings is 2. The third kappa shape index (κ3) is 3.33. The van der Waals surface area contributed by atoms with Crippen LogP contribution in [0.4, 0.5) is 8.78 Å². The second-order valence-corrected chi connectivity index (χ2v) is 4.74. The topological polar surface area (TPSA) is 29.5 Å². The Hall–Kier alpha value is -1.94. The molecule has 0 aliphatic rings. The predicted octanol–water partition coefficient (Wildman–Crippen LogP) is 3.91. The number of hydrogen-bond acceptors (Lipinski definition) is 2. The highest BCUT2D eigenvalue weighted by Gasteiger charge is 2.11. The normalized spacial score (nSPS) is 12.2. The summed E-state index contributed by atoms with van der Waals surface area (Å²) in [5.41, 5.74) is 1.91. The van der Waals surface area contributed by atoms with Gasteiger partial charge in [-0.2, -0.15) is 0 Å². The molecule has 0 radical (unpaired) electrons. The Morgan fingerprint density at radius 2 is 1.90 bits per heavy atom. The lowest BCUT2D eigenvalue weighted by Gasteiger charge is -2.14. The van der Waals surface area contributed by atoms with Gasteiger partial charge in [0.15, 0.2) is 0 Å². The number of hydrogen-bond donors (Lipinski definition) is 1. The van der Waals surface area contributed by atoms with Crippen LogP contribution in [0.1, 0.15) is 29.7 Å². The summed E-state index contributed by atoms with van der Waals surface area (Å²) < 4.78 is 31.9. The molecule has 0 saturated heterocycles. The predicted molar refractivity (Wildman–Crippen MR) is 72.5 cm³/mol. The molecule has 2 aromatic rings. The average Bonchev–Trinajstić information content (AvgIpc) is 2.38. The van der Waals surface area contributed by atoms with Crippen LogP contribution in [0.15, 0.2) is 36.4 Å². The quantitative estimate of drug-likeness (QED) is 0.919. The zero-order chi connectivity index (χ0) is 14.7. The fourth-order valence-electron chi connectivity index (χ4n) is 1.92. The van der Waals surface area contributed by atoms with E-state index in [1.165, 1.54) is 12.1 Å². The molecule has 1 N–H and O–H groups in total. The van der Waals surface area contributed by atoms with Crippen LogP contribution in [0.5, 0.6) is 5.75 Å².